The first kappa shape index (κ1) is 14.5. The van der Waals surface area contributed by atoms with Gasteiger partial charge in [-0.15, -0.1) is 0 Å². The molecule has 0 amide bonds. The number of nitrogens with zero attached hydrogens (tertiary/aromatic N) is 2. The summed E-state index contributed by atoms with van der Waals surface area (Å²) in [6.07, 6.45) is 1.54. The quantitative estimate of drug-likeness (QED) is 0.689. The Morgan fingerprint density at radius 3 is 2.18 bits per heavy atom. The number of rotatable bonds is 4. The monoisotopic (exact) mass is 354 g/mol. The highest BCUT2D eigenvalue weighted by atomic mass is 79.9. The summed E-state index contributed by atoms with van der Waals surface area (Å²) in [5.74, 6) is 1.49. The molecule has 3 aromatic rings. The van der Waals surface area contributed by atoms with Gasteiger partial charge in [-0.1, -0.05) is 39.7 Å². The van der Waals surface area contributed by atoms with Gasteiger partial charge in [0.2, 0.25) is 0 Å². The zero-order valence-electron chi connectivity index (χ0n) is 12.0. The van der Waals surface area contributed by atoms with Gasteiger partial charge in [0.1, 0.15) is 18.0 Å². The van der Waals surface area contributed by atoms with E-state index >= 15 is 0 Å². The van der Waals surface area contributed by atoms with E-state index in [4.69, 9.17) is 0 Å². The predicted octanol–water partition coefficient (Wildman–Crippen LogP) is 5.03. The molecule has 1 heterocycles. The van der Waals surface area contributed by atoms with Crippen LogP contribution in [0, 0.1) is 6.92 Å². The van der Waals surface area contributed by atoms with Crippen molar-refractivity contribution < 1.29 is 0 Å². The standard InChI is InChI=1S/C17H15BrN4/c1-12-5-7-14(8-6-12)21-16-10-17(20-11-19-16)22-15-4-2-3-13(18)9-15/h2-11H,1H3,(H2,19,20,21,22). The molecule has 0 fully saturated rings. The van der Waals surface area contributed by atoms with Crippen LogP contribution in [0.3, 0.4) is 0 Å². The molecule has 0 unspecified atom stereocenters. The Labute approximate surface area is 137 Å². The van der Waals surface area contributed by atoms with Crippen LogP contribution in [-0.4, -0.2) is 9.97 Å². The molecule has 0 radical (unpaired) electrons. The molecule has 0 atom stereocenters. The van der Waals surface area contributed by atoms with E-state index in [0.29, 0.717) is 0 Å². The molecule has 2 N–H and O–H groups in total. The molecule has 0 bridgehead atoms. The highest BCUT2D eigenvalue weighted by Crippen LogP contribution is 2.21. The van der Waals surface area contributed by atoms with E-state index in [1.807, 2.05) is 42.5 Å². The second-order valence-corrected chi connectivity index (χ2v) is 5.83. The Kier molecular flexibility index (Phi) is 4.34. The fourth-order valence-corrected chi connectivity index (χ4v) is 2.39. The van der Waals surface area contributed by atoms with Gasteiger partial charge in [-0.25, -0.2) is 9.97 Å². The third kappa shape index (κ3) is 3.83. The molecule has 0 aliphatic carbocycles. The van der Waals surface area contributed by atoms with Gasteiger partial charge in [0, 0.05) is 21.9 Å². The van der Waals surface area contributed by atoms with E-state index in [9.17, 15) is 0 Å². The molecule has 22 heavy (non-hydrogen) atoms. The third-order valence-corrected chi connectivity index (χ3v) is 3.58. The van der Waals surface area contributed by atoms with Crippen molar-refractivity contribution in [2.75, 3.05) is 10.6 Å². The average molecular weight is 355 g/mol. The van der Waals surface area contributed by atoms with E-state index < -0.39 is 0 Å². The van der Waals surface area contributed by atoms with Crippen LogP contribution in [0.25, 0.3) is 0 Å². The minimum Gasteiger partial charge on any atom is -0.340 e. The van der Waals surface area contributed by atoms with Gasteiger partial charge in [0.15, 0.2) is 0 Å². The second-order valence-electron chi connectivity index (χ2n) is 4.91. The lowest BCUT2D eigenvalue weighted by molar-refractivity contribution is 1.17. The molecular weight excluding hydrogens is 340 g/mol. The van der Waals surface area contributed by atoms with Crippen molar-refractivity contribution in [2.45, 2.75) is 6.92 Å². The maximum absolute atomic E-state index is 4.24. The Hall–Kier alpha value is -2.40. The lowest BCUT2D eigenvalue weighted by Crippen LogP contribution is -1.98. The van der Waals surface area contributed by atoms with E-state index in [2.05, 4.69) is 55.6 Å². The first-order chi connectivity index (χ1) is 10.7. The largest absolute Gasteiger partial charge is 0.340 e. The zero-order chi connectivity index (χ0) is 15.4. The first-order valence-corrected chi connectivity index (χ1v) is 7.67. The summed E-state index contributed by atoms with van der Waals surface area (Å²) in [6, 6.07) is 18.0. The molecule has 0 aliphatic heterocycles. The predicted molar refractivity (Wildman–Crippen MR) is 93.9 cm³/mol. The third-order valence-electron chi connectivity index (χ3n) is 3.09. The van der Waals surface area contributed by atoms with Crippen LogP contribution in [0.2, 0.25) is 0 Å². The van der Waals surface area contributed by atoms with Gasteiger partial charge >= 0.3 is 0 Å². The van der Waals surface area contributed by atoms with Crippen LogP contribution >= 0.6 is 15.9 Å². The Balaban J connectivity index is 1.76. The molecule has 110 valence electrons. The Morgan fingerprint density at radius 1 is 0.818 bits per heavy atom. The molecule has 5 heteroatoms. The molecule has 0 spiro atoms. The van der Waals surface area contributed by atoms with Crippen molar-refractivity contribution >= 4 is 38.9 Å². The maximum Gasteiger partial charge on any atom is 0.135 e. The van der Waals surface area contributed by atoms with E-state index in [1.165, 1.54) is 11.9 Å². The summed E-state index contributed by atoms with van der Waals surface area (Å²) in [7, 11) is 0. The highest BCUT2D eigenvalue weighted by molar-refractivity contribution is 9.10. The van der Waals surface area contributed by atoms with Gasteiger partial charge in [-0.2, -0.15) is 0 Å². The summed E-state index contributed by atoms with van der Waals surface area (Å²) in [5.41, 5.74) is 3.19. The van der Waals surface area contributed by atoms with Crippen molar-refractivity contribution in [3.8, 4) is 0 Å². The fraction of sp³-hybridized carbons (Fsp3) is 0.0588. The minimum atomic E-state index is 0.739. The minimum absolute atomic E-state index is 0.739. The van der Waals surface area contributed by atoms with Crippen LogP contribution in [0.5, 0.6) is 0 Å². The number of hydrogen-bond acceptors (Lipinski definition) is 4. The molecule has 0 saturated carbocycles. The smallest absolute Gasteiger partial charge is 0.135 e. The molecular formula is C17H15BrN4. The van der Waals surface area contributed by atoms with Gasteiger partial charge in [-0.05, 0) is 37.3 Å². The lowest BCUT2D eigenvalue weighted by Gasteiger charge is -2.09. The normalized spacial score (nSPS) is 10.3. The molecule has 2 aromatic carbocycles. The van der Waals surface area contributed by atoms with Crippen LogP contribution < -0.4 is 10.6 Å². The number of benzene rings is 2. The van der Waals surface area contributed by atoms with E-state index in [0.717, 1.165) is 27.5 Å². The fourth-order valence-electron chi connectivity index (χ4n) is 1.99. The van der Waals surface area contributed by atoms with Crippen LogP contribution in [-0.2, 0) is 0 Å². The van der Waals surface area contributed by atoms with E-state index in [1.54, 1.807) is 0 Å². The topological polar surface area (TPSA) is 49.8 Å². The van der Waals surface area contributed by atoms with Crippen molar-refractivity contribution in [3.63, 3.8) is 0 Å². The molecule has 3 rings (SSSR count). The number of hydrogen-bond donors (Lipinski definition) is 2. The van der Waals surface area contributed by atoms with Crippen LogP contribution in [0.4, 0.5) is 23.0 Å². The number of aryl methyl sites for hydroxylation is 1. The van der Waals surface area contributed by atoms with E-state index in [-0.39, 0.29) is 0 Å². The van der Waals surface area contributed by atoms with Gasteiger partial charge in [0.05, 0.1) is 0 Å². The number of anilines is 4. The van der Waals surface area contributed by atoms with Crippen LogP contribution in [0.1, 0.15) is 5.56 Å². The summed E-state index contributed by atoms with van der Waals surface area (Å²) in [5, 5.41) is 6.53. The van der Waals surface area contributed by atoms with Crippen molar-refractivity contribution in [1.82, 2.24) is 9.97 Å². The number of aromatic nitrogens is 2. The molecule has 0 aliphatic rings. The summed E-state index contributed by atoms with van der Waals surface area (Å²) in [6.45, 7) is 2.06. The van der Waals surface area contributed by atoms with Crippen molar-refractivity contribution in [2.24, 2.45) is 0 Å². The molecule has 4 nitrogen and oxygen atoms in total. The summed E-state index contributed by atoms with van der Waals surface area (Å²) >= 11 is 3.45. The Bertz CT molecular complexity index is 772. The van der Waals surface area contributed by atoms with Crippen molar-refractivity contribution in [3.05, 3.63) is 71.0 Å². The maximum atomic E-state index is 4.24. The summed E-state index contributed by atoms with van der Waals surface area (Å²) in [4.78, 5) is 8.49. The lowest BCUT2D eigenvalue weighted by atomic mass is 10.2. The second kappa shape index (κ2) is 6.58. The van der Waals surface area contributed by atoms with Gasteiger partial charge in [0.25, 0.3) is 0 Å². The van der Waals surface area contributed by atoms with Gasteiger partial charge in [-0.3, -0.25) is 0 Å². The SMILES string of the molecule is Cc1ccc(Nc2cc(Nc3cccc(Br)c3)ncn2)cc1. The highest BCUT2D eigenvalue weighted by Gasteiger charge is 2.01. The summed E-state index contributed by atoms with van der Waals surface area (Å²) < 4.78 is 1.02. The van der Waals surface area contributed by atoms with Crippen LogP contribution in [0.15, 0.2) is 65.4 Å². The number of halogens is 1. The molecule has 1 aromatic heterocycles. The zero-order valence-corrected chi connectivity index (χ0v) is 13.6. The number of nitrogens with one attached hydrogen (secondary N) is 2. The Morgan fingerprint density at radius 2 is 1.50 bits per heavy atom. The van der Waals surface area contributed by atoms with Crippen molar-refractivity contribution in [1.29, 1.82) is 0 Å². The van der Waals surface area contributed by atoms with Gasteiger partial charge < -0.3 is 10.6 Å². The molecule has 0 saturated heterocycles. The average Bonchev–Trinajstić information content (AvgIpc) is 2.50. The first-order valence-electron chi connectivity index (χ1n) is 6.87.